The zero-order chi connectivity index (χ0) is 12.0. The Morgan fingerprint density at radius 2 is 2.06 bits per heavy atom. The van der Waals surface area contributed by atoms with Crippen LogP contribution in [0.15, 0.2) is 0 Å². The number of carboxylic acid groups (broad SMARTS) is 1. The lowest BCUT2D eigenvalue weighted by molar-refractivity contribution is -0.143. The van der Waals surface area contributed by atoms with Gasteiger partial charge in [-0.3, -0.25) is 4.79 Å². The Morgan fingerprint density at radius 3 is 2.56 bits per heavy atom. The van der Waals surface area contributed by atoms with Crippen molar-refractivity contribution in [2.24, 2.45) is 5.41 Å². The van der Waals surface area contributed by atoms with Gasteiger partial charge in [0, 0.05) is 19.7 Å². The minimum absolute atomic E-state index is 0.197. The fraction of sp³-hybridized carbons (Fsp3) is 0.800. The normalized spacial score (nSPS) is 16.6. The van der Waals surface area contributed by atoms with Crippen LogP contribution in [0.4, 0.5) is 4.79 Å². The highest BCUT2D eigenvalue weighted by Gasteiger charge is 2.50. The van der Waals surface area contributed by atoms with E-state index in [0.717, 1.165) is 0 Å². The highest BCUT2D eigenvalue weighted by molar-refractivity contribution is 5.80. The summed E-state index contributed by atoms with van der Waals surface area (Å²) in [5.41, 5.74) is -0.711. The van der Waals surface area contributed by atoms with E-state index in [1.54, 1.807) is 0 Å². The Balaban J connectivity index is 2.09. The van der Waals surface area contributed by atoms with Gasteiger partial charge in [0.05, 0.1) is 12.0 Å². The molecule has 0 unspecified atom stereocenters. The van der Waals surface area contributed by atoms with Gasteiger partial charge in [-0.2, -0.15) is 0 Å². The van der Waals surface area contributed by atoms with Crippen molar-refractivity contribution in [3.05, 3.63) is 0 Å². The van der Waals surface area contributed by atoms with E-state index in [4.69, 9.17) is 9.84 Å². The standard InChI is InChI=1S/C10H18N2O4/c1-2-16-6-5-11-9(15)12-7-10(3-4-10)8(13)14/h2-7H2,1H3,(H,13,14)(H2,11,12,15). The van der Waals surface area contributed by atoms with Crippen molar-refractivity contribution < 1.29 is 19.4 Å². The highest BCUT2D eigenvalue weighted by Crippen LogP contribution is 2.45. The Labute approximate surface area is 94.3 Å². The molecule has 3 N–H and O–H groups in total. The molecule has 1 aliphatic rings. The number of hydrogen-bond donors (Lipinski definition) is 3. The first-order chi connectivity index (χ1) is 7.60. The van der Waals surface area contributed by atoms with Crippen molar-refractivity contribution in [3.8, 4) is 0 Å². The summed E-state index contributed by atoms with van der Waals surface area (Å²) < 4.78 is 5.04. The van der Waals surface area contributed by atoms with Crippen molar-refractivity contribution >= 4 is 12.0 Å². The van der Waals surface area contributed by atoms with Crippen LogP contribution in [-0.4, -0.2) is 43.4 Å². The Kier molecular flexibility index (Phi) is 4.54. The summed E-state index contributed by atoms with van der Waals surface area (Å²) in [7, 11) is 0. The fourth-order valence-corrected chi connectivity index (χ4v) is 1.31. The van der Waals surface area contributed by atoms with E-state index in [-0.39, 0.29) is 12.6 Å². The number of carbonyl (C=O) groups excluding carboxylic acids is 1. The van der Waals surface area contributed by atoms with Gasteiger partial charge in [-0.05, 0) is 19.8 Å². The first-order valence-corrected chi connectivity index (χ1v) is 5.43. The lowest BCUT2D eigenvalue weighted by Gasteiger charge is -2.11. The molecule has 0 saturated heterocycles. The van der Waals surface area contributed by atoms with Gasteiger partial charge < -0.3 is 20.5 Å². The van der Waals surface area contributed by atoms with E-state index in [0.29, 0.717) is 32.6 Å². The summed E-state index contributed by atoms with van der Waals surface area (Å²) in [5, 5.41) is 14.0. The van der Waals surface area contributed by atoms with Gasteiger partial charge in [0.2, 0.25) is 0 Å². The molecule has 2 amide bonds. The van der Waals surface area contributed by atoms with Crippen LogP contribution in [0, 0.1) is 5.41 Å². The van der Waals surface area contributed by atoms with Gasteiger partial charge >= 0.3 is 12.0 Å². The zero-order valence-corrected chi connectivity index (χ0v) is 9.41. The molecule has 0 aromatic carbocycles. The summed E-state index contributed by atoms with van der Waals surface area (Å²) in [6, 6.07) is -0.341. The smallest absolute Gasteiger partial charge is 0.314 e. The Bertz CT molecular complexity index is 264. The summed E-state index contributed by atoms with van der Waals surface area (Å²) in [6.45, 7) is 3.59. The second kappa shape index (κ2) is 5.69. The highest BCUT2D eigenvalue weighted by atomic mass is 16.5. The molecule has 1 saturated carbocycles. The zero-order valence-electron chi connectivity index (χ0n) is 9.41. The molecular formula is C10H18N2O4. The molecular weight excluding hydrogens is 212 g/mol. The maximum absolute atomic E-state index is 11.2. The van der Waals surface area contributed by atoms with Crippen LogP contribution in [0.5, 0.6) is 0 Å². The van der Waals surface area contributed by atoms with Gasteiger partial charge in [-0.1, -0.05) is 0 Å². The predicted octanol–water partition coefficient (Wildman–Crippen LogP) is 0.187. The number of ether oxygens (including phenoxy) is 1. The maximum Gasteiger partial charge on any atom is 0.314 e. The molecule has 0 aromatic heterocycles. The quantitative estimate of drug-likeness (QED) is 0.545. The monoisotopic (exact) mass is 230 g/mol. The van der Waals surface area contributed by atoms with Crippen LogP contribution < -0.4 is 10.6 Å². The van der Waals surface area contributed by atoms with Gasteiger partial charge in [0.15, 0.2) is 0 Å². The topological polar surface area (TPSA) is 87.7 Å². The number of amides is 2. The van der Waals surface area contributed by atoms with Crippen LogP contribution in [0.3, 0.4) is 0 Å². The summed E-state index contributed by atoms with van der Waals surface area (Å²) in [6.07, 6.45) is 1.28. The number of rotatable bonds is 7. The Hall–Kier alpha value is -1.30. The van der Waals surface area contributed by atoms with Crippen molar-refractivity contribution in [1.82, 2.24) is 10.6 Å². The van der Waals surface area contributed by atoms with Crippen molar-refractivity contribution in [2.45, 2.75) is 19.8 Å². The number of carbonyl (C=O) groups is 2. The van der Waals surface area contributed by atoms with E-state index in [9.17, 15) is 9.59 Å². The molecule has 16 heavy (non-hydrogen) atoms. The van der Waals surface area contributed by atoms with E-state index in [1.165, 1.54) is 0 Å². The molecule has 0 radical (unpaired) electrons. The van der Waals surface area contributed by atoms with Crippen molar-refractivity contribution in [3.63, 3.8) is 0 Å². The molecule has 0 heterocycles. The first kappa shape index (κ1) is 12.8. The molecule has 0 atom stereocenters. The largest absolute Gasteiger partial charge is 0.481 e. The van der Waals surface area contributed by atoms with Gasteiger partial charge in [0.1, 0.15) is 0 Å². The van der Waals surface area contributed by atoms with E-state index < -0.39 is 11.4 Å². The van der Waals surface area contributed by atoms with Gasteiger partial charge in [-0.25, -0.2) is 4.79 Å². The average molecular weight is 230 g/mol. The van der Waals surface area contributed by atoms with Gasteiger partial charge in [-0.15, -0.1) is 0 Å². The predicted molar refractivity (Wildman–Crippen MR) is 57.2 cm³/mol. The summed E-state index contributed by atoms with van der Waals surface area (Å²) in [4.78, 5) is 22.0. The van der Waals surface area contributed by atoms with Crippen LogP contribution in [0.25, 0.3) is 0 Å². The third kappa shape index (κ3) is 3.69. The average Bonchev–Trinajstić information content (AvgIpc) is 3.03. The number of nitrogens with one attached hydrogen (secondary N) is 2. The van der Waals surface area contributed by atoms with E-state index in [1.807, 2.05) is 6.92 Å². The number of hydrogen-bond acceptors (Lipinski definition) is 3. The molecule has 1 aliphatic carbocycles. The van der Waals surface area contributed by atoms with Crippen molar-refractivity contribution in [1.29, 1.82) is 0 Å². The molecule has 6 nitrogen and oxygen atoms in total. The maximum atomic E-state index is 11.2. The van der Waals surface area contributed by atoms with Crippen molar-refractivity contribution in [2.75, 3.05) is 26.3 Å². The molecule has 0 aliphatic heterocycles. The lowest BCUT2D eigenvalue weighted by Crippen LogP contribution is -2.41. The fourth-order valence-electron chi connectivity index (χ4n) is 1.31. The minimum Gasteiger partial charge on any atom is -0.481 e. The number of aliphatic carboxylic acids is 1. The van der Waals surface area contributed by atoms with Crippen LogP contribution in [-0.2, 0) is 9.53 Å². The first-order valence-electron chi connectivity index (χ1n) is 5.43. The molecule has 0 spiro atoms. The van der Waals surface area contributed by atoms with Crippen LogP contribution in [0.2, 0.25) is 0 Å². The van der Waals surface area contributed by atoms with Crippen LogP contribution in [0.1, 0.15) is 19.8 Å². The van der Waals surface area contributed by atoms with Gasteiger partial charge in [0.25, 0.3) is 0 Å². The molecule has 1 fully saturated rings. The van der Waals surface area contributed by atoms with E-state index >= 15 is 0 Å². The van der Waals surface area contributed by atoms with E-state index in [2.05, 4.69) is 10.6 Å². The molecule has 0 bridgehead atoms. The van der Waals surface area contributed by atoms with Crippen LogP contribution >= 0.6 is 0 Å². The minimum atomic E-state index is -0.831. The molecule has 0 aromatic rings. The SMILES string of the molecule is CCOCCNC(=O)NCC1(C(=O)O)CC1. The third-order valence-electron chi connectivity index (χ3n) is 2.63. The lowest BCUT2D eigenvalue weighted by atomic mass is 10.1. The summed E-state index contributed by atoms with van der Waals surface area (Å²) >= 11 is 0. The Morgan fingerprint density at radius 1 is 1.38 bits per heavy atom. The number of carboxylic acids is 1. The summed E-state index contributed by atoms with van der Waals surface area (Å²) in [5.74, 6) is -0.831. The molecule has 6 heteroatoms. The third-order valence-corrected chi connectivity index (χ3v) is 2.63. The second-order valence-corrected chi connectivity index (χ2v) is 3.89. The number of urea groups is 1. The molecule has 92 valence electrons. The second-order valence-electron chi connectivity index (χ2n) is 3.89. The molecule has 1 rings (SSSR count).